The van der Waals surface area contributed by atoms with Crippen LogP contribution in [0, 0.1) is 0 Å². The first kappa shape index (κ1) is 16.6. The monoisotopic (exact) mass is 322 g/mol. The highest BCUT2D eigenvalue weighted by Gasteiger charge is 2.12. The van der Waals surface area contributed by atoms with Gasteiger partial charge in [-0.2, -0.15) is 0 Å². The summed E-state index contributed by atoms with van der Waals surface area (Å²) in [5.41, 5.74) is 17.5. The van der Waals surface area contributed by atoms with Crippen molar-refractivity contribution in [3.63, 3.8) is 0 Å². The van der Waals surface area contributed by atoms with Crippen molar-refractivity contribution in [1.29, 1.82) is 0 Å². The number of rotatable bonds is 5. The van der Waals surface area contributed by atoms with Crippen LogP contribution in [0.2, 0.25) is 0 Å². The first-order valence-electron chi connectivity index (χ1n) is 6.64. The Morgan fingerprint density at radius 2 is 1.46 bits per heavy atom. The predicted octanol–water partition coefficient (Wildman–Crippen LogP) is 4.17. The maximum atomic E-state index is 11.7. The molecule has 0 atom stereocenters. The number of amides is 2. The highest BCUT2D eigenvalue weighted by atomic mass is 16.5. The molecule has 0 bridgehead atoms. The smallest absolute Gasteiger partial charge is 0.249 e. The molecule has 2 aromatic rings. The molecular formula is C15H10N6O3. The molecule has 0 spiro atoms. The van der Waals surface area contributed by atoms with Crippen LogP contribution in [-0.4, -0.2) is 11.8 Å². The third kappa shape index (κ3) is 4.35. The molecule has 0 aliphatic rings. The summed E-state index contributed by atoms with van der Waals surface area (Å²) in [6, 6.07) is 13.1. The summed E-state index contributed by atoms with van der Waals surface area (Å²) in [6.45, 7) is 0.204. The topological polar surface area (TPSA) is 141 Å². The van der Waals surface area contributed by atoms with Crippen molar-refractivity contribution in [3.05, 3.63) is 86.1 Å². The normalized spacial score (nSPS) is 9.33. The van der Waals surface area contributed by atoms with Gasteiger partial charge in [-0.1, -0.05) is 30.3 Å². The van der Waals surface area contributed by atoms with Gasteiger partial charge < -0.3 is 4.74 Å². The number of benzene rings is 2. The molecule has 2 amide bonds. The average molecular weight is 322 g/mol. The van der Waals surface area contributed by atoms with Gasteiger partial charge in [-0.3, -0.25) is 9.59 Å². The number of ether oxygens (including phenoxy) is 1. The molecule has 0 aliphatic heterocycles. The maximum absolute atomic E-state index is 11.7. The van der Waals surface area contributed by atoms with Crippen molar-refractivity contribution in [2.75, 3.05) is 0 Å². The van der Waals surface area contributed by atoms with Gasteiger partial charge in [0.25, 0.3) is 0 Å². The van der Waals surface area contributed by atoms with E-state index >= 15 is 0 Å². The fraction of sp³-hybridized carbons (Fsp3) is 0.0667. The van der Waals surface area contributed by atoms with Gasteiger partial charge in [0.15, 0.2) is 0 Å². The number of hydrogen-bond donors (Lipinski definition) is 0. The van der Waals surface area contributed by atoms with Crippen molar-refractivity contribution in [3.8, 4) is 5.75 Å². The van der Waals surface area contributed by atoms with Crippen LogP contribution in [0.4, 0.5) is 0 Å². The number of hydrogen-bond acceptors (Lipinski definition) is 3. The van der Waals surface area contributed by atoms with Gasteiger partial charge in [-0.05, 0) is 45.1 Å². The Balaban J connectivity index is 2.34. The summed E-state index contributed by atoms with van der Waals surface area (Å²) in [5, 5.41) is 5.94. The maximum Gasteiger partial charge on any atom is 0.249 e. The molecule has 2 aromatic carbocycles. The van der Waals surface area contributed by atoms with Crippen molar-refractivity contribution < 1.29 is 14.3 Å². The quantitative estimate of drug-likeness (QED) is 0.463. The van der Waals surface area contributed by atoms with Crippen LogP contribution < -0.4 is 4.74 Å². The van der Waals surface area contributed by atoms with Gasteiger partial charge >= 0.3 is 0 Å². The minimum Gasteiger partial charge on any atom is -0.489 e. The third-order valence-corrected chi connectivity index (χ3v) is 2.92. The van der Waals surface area contributed by atoms with Crippen LogP contribution in [0.3, 0.4) is 0 Å². The van der Waals surface area contributed by atoms with Crippen molar-refractivity contribution in [2.45, 2.75) is 6.61 Å². The molecule has 9 nitrogen and oxygen atoms in total. The molecule has 0 N–H and O–H groups in total. The number of azide groups is 2. The molecule has 0 heterocycles. The molecule has 0 saturated carbocycles. The Morgan fingerprint density at radius 1 is 0.917 bits per heavy atom. The Morgan fingerprint density at radius 3 is 1.96 bits per heavy atom. The number of carbonyl (C=O) groups excluding carboxylic acids is 2. The van der Waals surface area contributed by atoms with Gasteiger partial charge in [0.05, 0.1) is 0 Å². The van der Waals surface area contributed by atoms with Crippen LogP contribution in [0.5, 0.6) is 5.75 Å². The fourth-order valence-electron chi connectivity index (χ4n) is 1.87. The second kappa shape index (κ2) is 8.00. The third-order valence-electron chi connectivity index (χ3n) is 2.92. The predicted molar refractivity (Wildman–Crippen MR) is 84.2 cm³/mol. The van der Waals surface area contributed by atoms with Crippen molar-refractivity contribution in [1.82, 2.24) is 0 Å². The van der Waals surface area contributed by atoms with E-state index in [2.05, 4.69) is 20.1 Å². The van der Waals surface area contributed by atoms with Crippen LogP contribution in [0.1, 0.15) is 26.3 Å². The molecule has 0 aliphatic carbocycles. The lowest BCUT2D eigenvalue weighted by atomic mass is 10.1. The standard InChI is InChI=1S/C15H10N6O3/c16-20-18-14(22)11-6-12(15(23)19-21-17)8-13(7-11)24-9-10-4-2-1-3-5-10/h1-8H,9H2. The van der Waals surface area contributed by atoms with Gasteiger partial charge in [0, 0.05) is 21.0 Å². The summed E-state index contributed by atoms with van der Waals surface area (Å²) in [6.07, 6.45) is 0. The SMILES string of the molecule is [N-]=[N+]=NC(=O)c1cc(OCc2ccccc2)cc(C(=O)N=[N+]=[N-])c1. The first-order valence-corrected chi connectivity index (χ1v) is 6.64. The van der Waals surface area contributed by atoms with E-state index in [1.807, 2.05) is 30.3 Å². The summed E-state index contributed by atoms with van der Waals surface area (Å²) >= 11 is 0. The second-order valence-electron chi connectivity index (χ2n) is 4.51. The average Bonchev–Trinajstić information content (AvgIpc) is 2.61. The van der Waals surface area contributed by atoms with Crippen molar-refractivity contribution >= 4 is 11.8 Å². The Hall–Kier alpha value is -3.80. The minimum absolute atomic E-state index is 0.0464. The lowest BCUT2D eigenvalue weighted by molar-refractivity contribution is 0.0999. The van der Waals surface area contributed by atoms with Gasteiger partial charge in [-0.25, -0.2) is 0 Å². The zero-order valence-electron chi connectivity index (χ0n) is 12.2. The Bertz CT molecular complexity index is 820. The van der Waals surface area contributed by atoms with E-state index in [9.17, 15) is 9.59 Å². The zero-order valence-corrected chi connectivity index (χ0v) is 12.2. The molecule has 0 unspecified atom stereocenters. The molecule has 9 heteroatoms. The second-order valence-corrected chi connectivity index (χ2v) is 4.51. The van der Waals surface area contributed by atoms with Gasteiger partial charge in [0.2, 0.25) is 11.8 Å². The minimum atomic E-state index is -0.877. The van der Waals surface area contributed by atoms with Crippen LogP contribution in [0.15, 0.2) is 58.8 Å². The lowest BCUT2D eigenvalue weighted by Gasteiger charge is -2.09. The fourth-order valence-corrected chi connectivity index (χ4v) is 1.87. The molecule has 0 saturated heterocycles. The molecular weight excluding hydrogens is 312 g/mol. The van der Waals surface area contributed by atoms with E-state index in [0.717, 1.165) is 5.56 Å². The summed E-state index contributed by atoms with van der Waals surface area (Å²) in [7, 11) is 0. The Kier molecular flexibility index (Phi) is 5.52. The van der Waals surface area contributed by atoms with Crippen LogP contribution in [0.25, 0.3) is 20.9 Å². The van der Waals surface area contributed by atoms with Gasteiger partial charge in [0.1, 0.15) is 12.4 Å². The van der Waals surface area contributed by atoms with E-state index in [0.29, 0.717) is 0 Å². The van der Waals surface area contributed by atoms with E-state index in [1.54, 1.807) is 0 Å². The molecule has 118 valence electrons. The van der Waals surface area contributed by atoms with Gasteiger partial charge in [-0.15, -0.1) is 0 Å². The molecule has 0 fully saturated rings. The summed E-state index contributed by atoms with van der Waals surface area (Å²) in [5.74, 6) is -1.55. The zero-order chi connectivity index (χ0) is 17.4. The molecule has 0 radical (unpaired) electrons. The highest BCUT2D eigenvalue weighted by molar-refractivity contribution is 6.00. The van der Waals surface area contributed by atoms with E-state index in [4.69, 9.17) is 15.8 Å². The number of nitrogens with zero attached hydrogens (tertiary/aromatic N) is 6. The van der Waals surface area contributed by atoms with Crippen LogP contribution >= 0.6 is 0 Å². The molecule has 24 heavy (non-hydrogen) atoms. The van der Waals surface area contributed by atoms with E-state index in [-0.39, 0.29) is 23.5 Å². The van der Waals surface area contributed by atoms with E-state index in [1.165, 1.54) is 18.2 Å². The summed E-state index contributed by atoms with van der Waals surface area (Å²) < 4.78 is 5.56. The summed E-state index contributed by atoms with van der Waals surface area (Å²) in [4.78, 5) is 28.3. The van der Waals surface area contributed by atoms with Crippen molar-refractivity contribution in [2.24, 2.45) is 10.2 Å². The first-order chi connectivity index (χ1) is 11.6. The van der Waals surface area contributed by atoms with Crippen LogP contribution in [-0.2, 0) is 6.61 Å². The largest absolute Gasteiger partial charge is 0.489 e. The number of carbonyl (C=O) groups is 2. The molecule has 0 aromatic heterocycles. The Labute approximate surface area is 135 Å². The lowest BCUT2D eigenvalue weighted by Crippen LogP contribution is -2.03. The van der Waals surface area contributed by atoms with E-state index < -0.39 is 11.8 Å². The molecule has 2 rings (SSSR count). The highest BCUT2D eigenvalue weighted by Crippen LogP contribution is 2.20.